The summed E-state index contributed by atoms with van der Waals surface area (Å²) in [5, 5.41) is 11.2. The van der Waals surface area contributed by atoms with Gasteiger partial charge in [-0.1, -0.05) is 28.1 Å². The zero-order chi connectivity index (χ0) is 14.9. The normalized spacial score (nSPS) is 10.3. The number of ketones is 1. The van der Waals surface area contributed by atoms with E-state index < -0.39 is 4.92 Å². The van der Waals surface area contributed by atoms with Crippen molar-refractivity contribution in [3.8, 4) is 11.3 Å². The van der Waals surface area contributed by atoms with Crippen molar-refractivity contribution in [2.75, 3.05) is 0 Å². The Morgan fingerprint density at radius 3 is 2.40 bits per heavy atom. The van der Waals surface area contributed by atoms with Crippen LogP contribution in [0.5, 0.6) is 0 Å². The van der Waals surface area contributed by atoms with Gasteiger partial charge in [0.25, 0.3) is 5.69 Å². The molecule has 6 heteroatoms. The molecule has 0 unspecified atom stereocenters. The van der Waals surface area contributed by atoms with E-state index in [-0.39, 0.29) is 22.7 Å². The van der Waals surface area contributed by atoms with Crippen LogP contribution in [0.15, 0.2) is 34.8 Å². The van der Waals surface area contributed by atoms with Gasteiger partial charge in [-0.3, -0.25) is 14.9 Å². The van der Waals surface area contributed by atoms with Crippen molar-refractivity contribution in [1.29, 1.82) is 0 Å². The highest BCUT2D eigenvalue weighted by Crippen LogP contribution is 2.30. The Hall–Kier alpha value is -2.08. The first-order valence-electron chi connectivity index (χ1n) is 5.83. The third-order valence-corrected chi connectivity index (χ3v) is 3.42. The Bertz CT molecular complexity index is 696. The van der Waals surface area contributed by atoms with Gasteiger partial charge < -0.3 is 0 Å². The van der Waals surface area contributed by atoms with Crippen LogP contribution in [-0.4, -0.2) is 15.7 Å². The molecule has 0 spiro atoms. The molecule has 0 saturated carbocycles. The molecule has 5 nitrogen and oxygen atoms in total. The van der Waals surface area contributed by atoms with Crippen molar-refractivity contribution in [3.05, 3.63) is 56.2 Å². The summed E-state index contributed by atoms with van der Waals surface area (Å²) in [6.45, 7) is 3.04. The minimum atomic E-state index is -0.518. The molecule has 0 saturated heterocycles. The number of hydrogen-bond acceptors (Lipinski definition) is 4. The largest absolute Gasteiger partial charge is 0.296 e. The molecule has 0 fully saturated rings. The number of Topliss-reactive ketones (excluding diaryl/α,β-unsaturated/α-hetero) is 1. The second-order valence-electron chi connectivity index (χ2n) is 4.31. The van der Waals surface area contributed by atoms with Crippen molar-refractivity contribution in [2.45, 2.75) is 13.8 Å². The predicted molar refractivity (Wildman–Crippen MR) is 78.8 cm³/mol. The van der Waals surface area contributed by atoms with E-state index in [2.05, 4.69) is 20.9 Å². The second kappa shape index (κ2) is 5.50. The lowest BCUT2D eigenvalue weighted by atomic mass is 10.0. The molecule has 2 rings (SSSR count). The van der Waals surface area contributed by atoms with Gasteiger partial charge in [-0.2, -0.15) is 0 Å². The highest BCUT2D eigenvalue weighted by Gasteiger charge is 2.21. The zero-order valence-corrected chi connectivity index (χ0v) is 12.5. The number of carbonyl (C=O) groups is 1. The first-order chi connectivity index (χ1) is 9.40. The zero-order valence-electron chi connectivity index (χ0n) is 10.9. The molecular formula is C14H11BrN2O3. The summed E-state index contributed by atoms with van der Waals surface area (Å²) < 4.78 is 0.876. The maximum atomic E-state index is 11.5. The van der Waals surface area contributed by atoms with Gasteiger partial charge in [-0.15, -0.1) is 0 Å². The second-order valence-corrected chi connectivity index (χ2v) is 5.22. The number of carbonyl (C=O) groups excluding carboxylic acids is 1. The molecule has 0 N–H and O–H groups in total. The maximum Gasteiger partial charge on any atom is 0.296 e. The molecule has 102 valence electrons. The van der Waals surface area contributed by atoms with Crippen molar-refractivity contribution >= 4 is 27.4 Å². The number of nitrogens with zero attached hydrogens (tertiary/aromatic N) is 2. The van der Waals surface area contributed by atoms with E-state index in [1.54, 1.807) is 31.2 Å². The molecule has 2 aromatic rings. The summed E-state index contributed by atoms with van der Waals surface area (Å²) in [4.78, 5) is 26.4. The number of hydrogen-bond donors (Lipinski definition) is 0. The van der Waals surface area contributed by atoms with Crippen molar-refractivity contribution in [1.82, 2.24) is 4.98 Å². The summed E-state index contributed by atoms with van der Waals surface area (Å²) in [5.41, 5.74) is 1.50. The van der Waals surface area contributed by atoms with E-state index >= 15 is 0 Å². The third kappa shape index (κ3) is 2.75. The van der Waals surface area contributed by atoms with Crippen LogP contribution < -0.4 is 0 Å². The molecule has 0 radical (unpaired) electrons. The molecular weight excluding hydrogens is 324 g/mol. The molecule has 1 aromatic carbocycles. The molecule has 0 amide bonds. The number of benzene rings is 1. The quantitative estimate of drug-likeness (QED) is 0.484. The van der Waals surface area contributed by atoms with Gasteiger partial charge in [-0.05, 0) is 26.0 Å². The number of pyridine rings is 1. The SMILES string of the molecule is CC(=O)c1cc([N+](=O)[O-])c(-c2ccc(Br)cc2)nc1C. The molecule has 0 aliphatic rings. The van der Waals surface area contributed by atoms with Gasteiger partial charge in [0.05, 0.1) is 4.92 Å². The van der Waals surface area contributed by atoms with Crippen molar-refractivity contribution < 1.29 is 9.72 Å². The molecule has 0 aliphatic heterocycles. The van der Waals surface area contributed by atoms with Crippen LogP contribution in [0.1, 0.15) is 23.0 Å². The number of rotatable bonds is 3. The van der Waals surface area contributed by atoms with Gasteiger partial charge in [0.2, 0.25) is 0 Å². The molecule has 0 atom stereocenters. The standard InChI is InChI=1S/C14H11BrN2O3/c1-8-12(9(2)18)7-13(17(19)20)14(16-8)10-3-5-11(15)6-4-10/h3-7H,1-2H3. The van der Waals surface area contributed by atoms with Crippen LogP contribution in [-0.2, 0) is 0 Å². The van der Waals surface area contributed by atoms with Crippen LogP contribution in [0.3, 0.4) is 0 Å². The summed E-state index contributed by atoms with van der Waals surface area (Å²) in [6.07, 6.45) is 0. The number of halogens is 1. The Labute approximate surface area is 123 Å². The third-order valence-electron chi connectivity index (χ3n) is 2.89. The lowest BCUT2D eigenvalue weighted by molar-refractivity contribution is -0.384. The smallest absolute Gasteiger partial charge is 0.294 e. The Kier molecular flexibility index (Phi) is 3.94. The molecule has 0 aliphatic carbocycles. The van der Waals surface area contributed by atoms with Gasteiger partial charge in [0.15, 0.2) is 5.78 Å². The van der Waals surface area contributed by atoms with Crippen LogP contribution in [0, 0.1) is 17.0 Å². The van der Waals surface area contributed by atoms with Gasteiger partial charge >= 0.3 is 0 Å². The molecule has 1 heterocycles. The van der Waals surface area contributed by atoms with Gasteiger partial charge in [0, 0.05) is 27.4 Å². The first-order valence-corrected chi connectivity index (χ1v) is 6.62. The number of aryl methyl sites for hydroxylation is 1. The summed E-state index contributed by atoms with van der Waals surface area (Å²) >= 11 is 3.31. The van der Waals surface area contributed by atoms with Crippen LogP contribution >= 0.6 is 15.9 Å². The van der Waals surface area contributed by atoms with E-state index in [1.165, 1.54) is 13.0 Å². The van der Waals surface area contributed by atoms with Crippen LogP contribution in [0.2, 0.25) is 0 Å². The fourth-order valence-corrected chi connectivity index (χ4v) is 2.17. The average molecular weight is 335 g/mol. The Morgan fingerprint density at radius 1 is 1.30 bits per heavy atom. The molecule has 0 bridgehead atoms. The van der Waals surface area contributed by atoms with Crippen molar-refractivity contribution in [3.63, 3.8) is 0 Å². The topological polar surface area (TPSA) is 73.1 Å². The van der Waals surface area contributed by atoms with E-state index in [1.807, 2.05) is 0 Å². The highest BCUT2D eigenvalue weighted by molar-refractivity contribution is 9.10. The molecule has 1 aromatic heterocycles. The highest BCUT2D eigenvalue weighted by atomic mass is 79.9. The lowest BCUT2D eigenvalue weighted by Gasteiger charge is -2.07. The summed E-state index contributed by atoms with van der Waals surface area (Å²) in [7, 11) is 0. The van der Waals surface area contributed by atoms with E-state index in [9.17, 15) is 14.9 Å². The van der Waals surface area contributed by atoms with Gasteiger partial charge in [-0.25, -0.2) is 4.98 Å². The van der Waals surface area contributed by atoms with Gasteiger partial charge in [0.1, 0.15) is 5.69 Å². The van der Waals surface area contributed by atoms with Crippen molar-refractivity contribution in [2.24, 2.45) is 0 Å². The van der Waals surface area contributed by atoms with Crippen LogP contribution in [0.4, 0.5) is 5.69 Å². The first kappa shape index (κ1) is 14.3. The minimum absolute atomic E-state index is 0.164. The predicted octanol–water partition coefficient (Wildman–Crippen LogP) is 3.93. The number of aromatic nitrogens is 1. The Balaban J connectivity index is 2.69. The minimum Gasteiger partial charge on any atom is -0.294 e. The number of nitro groups is 1. The summed E-state index contributed by atoms with van der Waals surface area (Å²) in [5.74, 6) is -0.236. The van der Waals surface area contributed by atoms with E-state index in [0.29, 0.717) is 11.3 Å². The fourth-order valence-electron chi connectivity index (χ4n) is 1.91. The fraction of sp³-hybridized carbons (Fsp3) is 0.143. The Morgan fingerprint density at radius 2 is 1.90 bits per heavy atom. The summed E-state index contributed by atoms with van der Waals surface area (Å²) in [6, 6.07) is 8.35. The molecule has 20 heavy (non-hydrogen) atoms. The monoisotopic (exact) mass is 334 g/mol. The van der Waals surface area contributed by atoms with E-state index in [0.717, 1.165) is 4.47 Å². The van der Waals surface area contributed by atoms with E-state index in [4.69, 9.17) is 0 Å². The maximum absolute atomic E-state index is 11.5. The lowest BCUT2D eigenvalue weighted by Crippen LogP contribution is -2.04. The van der Waals surface area contributed by atoms with Crippen LogP contribution in [0.25, 0.3) is 11.3 Å². The average Bonchev–Trinajstić information content (AvgIpc) is 2.38.